The highest BCUT2D eigenvalue weighted by atomic mass is 16.2. The minimum Gasteiger partial charge on any atom is -0.354 e. The molecule has 1 amide bonds. The lowest BCUT2D eigenvalue weighted by molar-refractivity contribution is -0.123. The van der Waals surface area contributed by atoms with Gasteiger partial charge in [-0.05, 0) is 38.1 Å². The lowest BCUT2D eigenvalue weighted by Gasteiger charge is -2.21. The molecule has 0 radical (unpaired) electrons. The highest BCUT2D eigenvalue weighted by Gasteiger charge is 2.21. The Hall–Kier alpha value is -0.570. The lowest BCUT2D eigenvalue weighted by atomic mass is 10.0. The van der Waals surface area contributed by atoms with Gasteiger partial charge in [0.2, 0.25) is 5.91 Å². The van der Waals surface area contributed by atoms with Crippen LogP contribution in [0.4, 0.5) is 0 Å². The average Bonchev–Trinajstić information content (AvgIpc) is 2.78. The Morgan fingerprint density at radius 2 is 1.71 bits per heavy atom. The summed E-state index contributed by atoms with van der Waals surface area (Å²) in [7, 11) is 0. The standard InChI is InChI=1S/C14H26N2O/c17-14(16-11-12-7-4-5-8-12)13-9-3-1-2-6-10-15-13/h12-13,15H,1-11H2,(H,16,17). The van der Waals surface area contributed by atoms with Crippen molar-refractivity contribution in [2.45, 2.75) is 63.8 Å². The number of nitrogens with one attached hydrogen (secondary N) is 2. The summed E-state index contributed by atoms with van der Waals surface area (Å²) < 4.78 is 0. The second-order valence-corrected chi connectivity index (χ2v) is 5.61. The maximum atomic E-state index is 12.0. The summed E-state index contributed by atoms with van der Waals surface area (Å²) in [6.45, 7) is 1.90. The number of carbonyl (C=O) groups excluding carboxylic acids is 1. The van der Waals surface area contributed by atoms with Crippen LogP contribution in [0.15, 0.2) is 0 Å². The molecule has 98 valence electrons. The molecule has 0 bridgehead atoms. The van der Waals surface area contributed by atoms with E-state index in [4.69, 9.17) is 0 Å². The summed E-state index contributed by atoms with van der Waals surface area (Å²) in [5, 5.41) is 6.53. The molecule has 1 atom stereocenters. The smallest absolute Gasteiger partial charge is 0.237 e. The maximum absolute atomic E-state index is 12.0. The van der Waals surface area contributed by atoms with Gasteiger partial charge in [0.1, 0.15) is 0 Å². The van der Waals surface area contributed by atoms with Crippen molar-refractivity contribution in [2.75, 3.05) is 13.1 Å². The van der Waals surface area contributed by atoms with E-state index in [1.807, 2.05) is 0 Å². The van der Waals surface area contributed by atoms with Gasteiger partial charge in [0.25, 0.3) is 0 Å². The third-order valence-corrected chi connectivity index (χ3v) is 4.17. The molecule has 2 aliphatic rings. The van der Waals surface area contributed by atoms with Gasteiger partial charge in [0.05, 0.1) is 6.04 Å². The second-order valence-electron chi connectivity index (χ2n) is 5.61. The predicted octanol–water partition coefficient (Wildman–Crippen LogP) is 2.22. The minimum absolute atomic E-state index is 0.0664. The fourth-order valence-corrected chi connectivity index (χ4v) is 3.01. The van der Waals surface area contributed by atoms with Crippen LogP contribution >= 0.6 is 0 Å². The van der Waals surface area contributed by atoms with Gasteiger partial charge in [-0.1, -0.05) is 32.1 Å². The number of rotatable bonds is 3. The summed E-state index contributed by atoms with van der Waals surface area (Å²) in [6.07, 6.45) is 11.3. The molecule has 1 saturated carbocycles. The van der Waals surface area contributed by atoms with E-state index in [2.05, 4.69) is 10.6 Å². The molecule has 1 aliphatic heterocycles. The molecular weight excluding hydrogens is 212 g/mol. The van der Waals surface area contributed by atoms with Crippen LogP contribution in [0.5, 0.6) is 0 Å². The van der Waals surface area contributed by atoms with Gasteiger partial charge in [-0.25, -0.2) is 0 Å². The number of amides is 1. The Morgan fingerprint density at radius 1 is 1.00 bits per heavy atom. The van der Waals surface area contributed by atoms with Crippen LogP contribution in [-0.4, -0.2) is 25.0 Å². The Kier molecular flexibility index (Phi) is 5.30. The highest BCUT2D eigenvalue weighted by molar-refractivity contribution is 5.81. The fourth-order valence-electron chi connectivity index (χ4n) is 3.01. The monoisotopic (exact) mass is 238 g/mol. The third kappa shape index (κ3) is 4.30. The van der Waals surface area contributed by atoms with Crippen molar-refractivity contribution < 1.29 is 4.79 Å². The quantitative estimate of drug-likeness (QED) is 0.791. The van der Waals surface area contributed by atoms with Gasteiger partial charge in [-0.3, -0.25) is 4.79 Å². The molecule has 0 aromatic heterocycles. The van der Waals surface area contributed by atoms with E-state index in [0.29, 0.717) is 0 Å². The highest BCUT2D eigenvalue weighted by Crippen LogP contribution is 2.23. The van der Waals surface area contributed by atoms with Crippen LogP contribution in [0.25, 0.3) is 0 Å². The van der Waals surface area contributed by atoms with E-state index in [1.54, 1.807) is 0 Å². The summed E-state index contributed by atoms with van der Waals surface area (Å²) in [6, 6.07) is 0.0664. The van der Waals surface area contributed by atoms with Crippen LogP contribution in [0, 0.1) is 5.92 Å². The van der Waals surface area contributed by atoms with Crippen LogP contribution in [0.1, 0.15) is 57.8 Å². The zero-order valence-corrected chi connectivity index (χ0v) is 10.8. The third-order valence-electron chi connectivity index (χ3n) is 4.17. The van der Waals surface area contributed by atoms with E-state index < -0.39 is 0 Å². The lowest BCUT2D eigenvalue weighted by Crippen LogP contribution is -2.46. The Morgan fingerprint density at radius 3 is 2.53 bits per heavy atom. The summed E-state index contributed by atoms with van der Waals surface area (Å²) >= 11 is 0. The molecule has 3 heteroatoms. The molecule has 3 nitrogen and oxygen atoms in total. The first-order valence-corrected chi connectivity index (χ1v) is 7.37. The SMILES string of the molecule is O=C(NCC1CCCC1)C1CCCCCCN1. The Labute approximate surface area is 105 Å². The van der Waals surface area contributed by atoms with Crippen LogP contribution in [0.3, 0.4) is 0 Å². The molecule has 0 aromatic carbocycles. The van der Waals surface area contributed by atoms with Gasteiger partial charge >= 0.3 is 0 Å². The Balaban J connectivity index is 1.69. The van der Waals surface area contributed by atoms with Gasteiger partial charge in [0.15, 0.2) is 0 Å². The van der Waals surface area contributed by atoms with Crippen LogP contribution < -0.4 is 10.6 Å². The molecule has 1 saturated heterocycles. The van der Waals surface area contributed by atoms with Crippen molar-refractivity contribution in [3.63, 3.8) is 0 Å². The van der Waals surface area contributed by atoms with Gasteiger partial charge in [-0.15, -0.1) is 0 Å². The van der Waals surface area contributed by atoms with E-state index in [-0.39, 0.29) is 11.9 Å². The van der Waals surface area contributed by atoms with E-state index >= 15 is 0 Å². The van der Waals surface area contributed by atoms with Crippen molar-refractivity contribution >= 4 is 5.91 Å². The first-order chi connectivity index (χ1) is 8.36. The molecule has 0 aromatic rings. The average molecular weight is 238 g/mol. The fraction of sp³-hybridized carbons (Fsp3) is 0.929. The summed E-state index contributed by atoms with van der Waals surface area (Å²) in [5.74, 6) is 0.978. The normalized spacial score (nSPS) is 27.4. The van der Waals surface area contributed by atoms with Crippen molar-refractivity contribution in [3.05, 3.63) is 0 Å². The summed E-state index contributed by atoms with van der Waals surface area (Å²) in [4.78, 5) is 12.0. The molecule has 0 spiro atoms. The molecule has 2 fully saturated rings. The van der Waals surface area contributed by atoms with Crippen molar-refractivity contribution in [3.8, 4) is 0 Å². The zero-order chi connectivity index (χ0) is 11.9. The number of carbonyl (C=O) groups is 1. The molecule has 2 rings (SSSR count). The second kappa shape index (κ2) is 7.00. The van der Waals surface area contributed by atoms with Crippen molar-refractivity contribution in [1.29, 1.82) is 0 Å². The largest absolute Gasteiger partial charge is 0.354 e. The number of hydrogen-bond acceptors (Lipinski definition) is 2. The molecule has 1 heterocycles. The molecule has 1 aliphatic carbocycles. The first kappa shape index (κ1) is 12.9. The van der Waals surface area contributed by atoms with Crippen molar-refractivity contribution in [2.24, 2.45) is 5.92 Å². The Bertz CT molecular complexity index is 228. The molecule has 17 heavy (non-hydrogen) atoms. The van der Waals surface area contributed by atoms with Gasteiger partial charge in [-0.2, -0.15) is 0 Å². The van der Waals surface area contributed by atoms with E-state index in [9.17, 15) is 4.79 Å². The van der Waals surface area contributed by atoms with Gasteiger partial charge in [0, 0.05) is 6.54 Å². The minimum atomic E-state index is 0.0664. The molecule has 2 N–H and O–H groups in total. The molecular formula is C14H26N2O. The van der Waals surface area contributed by atoms with Crippen LogP contribution in [0.2, 0.25) is 0 Å². The van der Waals surface area contributed by atoms with Crippen LogP contribution in [-0.2, 0) is 4.79 Å². The first-order valence-electron chi connectivity index (χ1n) is 7.37. The van der Waals surface area contributed by atoms with E-state index in [1.165, 1.54) is 51.4 Å². The summed E-state index contributed by atoms with van der Waals surface area (Å²) in [5.41, 5.74) is 0. The topological polar surface area (TPSA) is 41.1 Å². The predicted molar refractivity (Wildman–Crippen MR) is 69.8 cm³/mol. The number of hydrogen-bond donors (Lipinski definition) is 2. The molecule has 1 unspecified atom stereocenters. The van der Waals surface area contributed by atoms with E-state index in [0.717, 1.165) is 25.4 Å². The maximum Gasteiger partial charge on any atom is 0.237 e. The van der Waals surface area contributed by atoms with Gasteiger partial charge < -0.3 is 10.6 Å². The zero-order valence-electron chi connectivity index (χ0n) is 10.8. The van der Waals surface area contributed by atoms with Crippen molar-refractivity contribution in [1.82, 2.24) is 10.6 Å².